The Morgan fingerprint density at radius 2 is 2.00 bits per heavy atom. The van der Waals surface area contributed by atoms with Crippen molar-refractivity contribution in [1.29, 1.82) is 0 Å². The topological polar surface area (TPSA) is 39.7 Å². The molecular formula is C21H33F2IN4. The number of guanidine groups is 1. The van der Waals surface area contributed by atoms with Crippen LogP contribution in [0.2, 0.25) is 0 Å². The van der Waals surface area contributed by atoms with E-state index in [0.29, 0.717) is 18.2 Å². The zero-order valence-corrected chi connectivity index (χ0v) is 19.4. The predicted molar refractivity (Wildman–Crippen MR) is 124 cm³/mol. The second kappa shape index (κ2) is 12.4. The third kappa shape index (κ3) is 8.03. The first-order valence-corrected chi connectivity index (χ1v) is 9.75. The molecule has 0 radical (unpaired) electrons. The average Bonchev–Trinajstić information content (AvgIpc) is 2.61. The van der Waals surface area contributed by atoms with Gasteiger partial charge < -0.3 is 10.6 Å². The van der Waals surface area contributed by atoms with Crippen molar-refractivity contribution in [3.05, 3.63) is 47.5 Å². The normalized spacial score (nSPS) is 17.0. The molecule has 158 valence electrons. The summed E-state index contributed by atoms with van der Waals surface area (Å²) in [4.78, 5) is 7.04. The van der Waals surface area contributed by atoms with Crippen LogP contribution in [0.5, 0.6) is 0 Å². The standard InChI is InChI=1S/C21H32F2N4.HI/c1-5-24-21(26-18-8-10-27(11-9-18)14-15(2)3)25-13-16(4)19-7-6-17(22)12-20(19)23;/h6-7,12,16,18H,2,5,8-11,13-14H2,1,3-4H3,(H2,24,25,26);1H. The van der Waals surface area contributed by atoms with Crippen molar-refractivity contribution >= 4 is 29.9 Å². The highest BCUT2D eigenvalue weighted by Gasteiger charge is 2.20. The smallest absolute Gasteiger partial charge is 0.191 e. The Kier molecular flexibility index (Phi) is 11.0. The lowest BCUT2D eigenvalue weighted by atomic mass is 10.0. The van der Waals surface area contributed by atoms with Crippen LogP contribution in [0.3, 0.4) is 0 Å². The fourth-order valence-electron chi connectivity index (χ4n) is 3.36. The largest absolute Gasteiger partial charge is 0.357 e. The van der Waals surface area contributed by atoms with Gasteiger partial charge in [-0.3, -0.25) is 9.89 Å². The summed E-state index contributed by atoms with van der Waals surface area (Å²) in [7, 11) is 0. The minimum absolute atomic E-state index is 0. The summed E-state index contributed by atoms with van der Waals surface area (Å²) in [6.07, 6.45) is 2.11. The first kappa shape index (κ1) is 24.8. The molecule has 0 saturated carbocycles. The van der Waals surface area contributed by atoms with Crippen molar-refractivity contribution in [2.24, 2.45) is 4.99 Å². The fraction of sp³-hybridized carbons (Fsp3) is 0.571. The molecule has 1 aliphatic heterocycles. The number of nitrogens with one attached hydrogen (secondary N) is 2. The molecule has 0 amide bonds. The molecule has 4 nitrogen and oxygen atoms in total. The van der Waals surface area contributed by atoms with Gasteiger partial charge in [-0.25, -0.2) is 8.78 Å². The van der Waals surface area contributed by atoms with Gasteiger partial charge >= 0.3 is 0 Å². The van der Waals surface area contributed by atoms with Crippen LogP contribution in [0.25, 0.3) is 0 Å². The van der Waals surface area contributed by atoms with Crippen LogP contribution >= 0.6 is 24.0 Å². The first-order valence-electron chi connectivity index (χ1n) is 9.75. The highest BCUT2D eigenvalue weighted by molar-refractivity contribution is 14.0. The molecule has 2 N–H and O–H groups in total. The van der Waals surface area contributed by atoms with Crippen molar-refractivity contribution < 1.29 is 8.78 Å². The van der Waals surface area contributed by atoms with Gasteiger partial charge in [0.15, 0.2) is 5.96 Å². The Labute approximate surface area is 184 Å². The Morgan fingerprint density at radius 3 is 2.57 bits per heavy atom. The van der Waals surface area contributed by atoms with Crippen molar-refractivity contribution in [3.63, 3.8) is 0 Å². The molecule has 0 spiro atoms. The van der Waals surface area contributed by atoms with E-state index in [1.807, 2.05) is 13.8 Å². The molecule has 1 unspecified atom stereocenters. The molecule has 1 atom stereocenters. The lowest BCUT2D eigenvalue weighted by molar-refractivity contribution is 0.221. The minimum atomic E-state index is -0.556. The molecule has 0 aromatic heterocycles. The minimum Gasteiger partial charge on any atom is -0.357 e. The summed E-state index contributed by atoms with van der Waals surface area (Å²) in [5.41, 5.74) is 1.68. The number of aliphatic imine (C=N–C) groups is 1. The monoisotopic (exact) mass is 506 g/mol. The molecule has 7 heteroatoms. The molecular weight excluding hydrogens is 473 g/mol. The van der Waals surface area contributed by atoms with E-state index in [1.165, 1.54) is 17.7 Å². The van der Waals surface area contributed by atoms with Crippen molar-refractivity contribution in [2.45, 2.75) is 45.6 Å². The maximum atomic E-state index is 13.9. The molecule has 2 rings (SSSR count). The third-order valence-corrected chi connectivity index (χ3v) is 4.78. The first-order chi connectivity index (χ1) is 12.9. The number of nitrogens with zero attached hydrogens (tertiary/aromatic N) is 2. The lowest BCUT2D eigenvalue weighted by Crippen LogP contribution is -2.49. The maximum absolute atomic E-state index is 13.9. The number of likely N-dealkylation sites (tertiary alicyclic amines) is 1. The van der Waals surface area contributed by atoms with Crippen molar-refractivity contribution in [1.82, 2.24) is 15.5 Å². The summed E-state index contributed by atoms with van der Waals surface area (Å²) in [6, 6.07) is 4.10. The summed E-state index contributed by atoms with van der Waals surface area (Å²) < 4.78 is 27.0. The number of benzene rings is 1. The van der Waals surface area contributed by atoms with Crippen LogP contribution in [0, 0.1) is 11.6 Å². The second-order valence-electron chi connectivity index (χ2n) is 7.44. The van der Waals surface area contributed by atoms with E-state index in [0.717, 1.165) is 51.0 Å². The summed E-state index contributed by atoms with van der Waals surface area (Å²) in [6.45, 7) is 14.2. The molecule has 1 heterocycles. The van der Waals surface area contributed by atoms with Gasteiger partial charge in [-0.1, -0.05) is 25.1 Å². The summed E-state index contributed by atoms with van der Waals surface area (Å²) >= 11 is 0. The number of hydrogen-bond acceptors (Lipinski definition) is 2. The van der Waals surface area contributed by atoms with Gasteiger partial charge in [0.05, 0.1) is 0 Å². The van der Waals surface area contributed by atoms with Crippen LogP contribution < -0.4 is 10.6 Å². The van der Waals surface area contributed by atoms with Gasteiger partial charge in [0.25, 0.3) is 0 Å². The molecule has 0 aliphatic carbocycles. The van der Waals surface area contributed by atoms with E-state index in [9.17, 15) is 8.78 Å². The zero-order valence-electron chi connectivity index (χ0n) is 17.1. The van der Waals surface area contributed by atoms with E-state index < -0.39 is 11.6 Å². The third-order valence-electron chi connectivity index (χ3n) is 4.78. The van der Waals surface area contributed by atoms with Gasteiger partial charge in [-0.05, 0) is 38.3 Å². The maximum Gasteiger partial charge on any atom is 0.191 e. The Morgan fingerprint density at radius 1 is 1.32 bits per heavy atom. The predicted octanol–water partition coefficient (Wildman–Crippen LogP) is 4.28. The van der Waals surface area contributed by atoms with Crippen LogP contribution in [0.15, 0.2) is 35.3 Å². The molecule has 1 aromatic rings. The van der Waals surface area contributed by atoms with Gasteiger partial charge in [0.2, 0.25) is 0 Å². The van der Waals surface area contributed by atoms with Crippen molar-refractivity contribution in [2.75, 3.05) is 32.7 Å². The van der Waals surface area contributed by atoms with Gasteiger partial charge in [-0.2, -0.15) is 0 Å². The Hall–Kier alpha value is -1.22. The SMILES string of the molecule is C=C(C)CN1CCC(NC(=NCC(C)c2ccc(F)cc2F)NCC)CC1.I. The number of halogens is 3. The Balaban J connectivity index is 0.00000392. The van der Waals surface area contributed by atoms with E-state index in [4.69, 9.17) is 0 Å². The van der Waals surface area contributed by atoms with Crippen LogP contribution in [0.4, 0.5) is 8.78 Å². The highest BCUT2D eigenvalue weighted by atomic mass is 127. The average molecular weight is 506 g/mol. The molecule has 0 bridgehead atoms. The zero-order chi connectivity index (χ0) is 19.8. The number of rotatable bonds is 7. The van der Waals surface area contributed by atoms with E-state index in [-0.39, 0.29) is 29.9 Å². The quantitative estimate of drug-likeness (QED) is 0.251. The summed E-state index contributed by atoms with van der Waals surface area (Å²) in [5, 5.41) is 6.76. The van der Waals surface area contributed by atoms with E-state index >= 15 is 0 Å². The van der Waals surface area contributed by atoms with E-state index in [1.54, 1.807) is 0 Å². The molecule has 28 heavy (non-hydrogen) atoms. The van der Waals surface area contributed by atoms with Gasteiger partial charge in [0, 0.05) is 50.7 Å². The van der Waals surface area contributed by atoms with E-state index in [2.05, 4.69) is 34.0 Å². The molecule has 1 aromatic carbocycles. The second-order valence-corrected chi connectivity index (χ2v) is 7.44. The molecule has 1 fully saturated rings. The Bertz CT molecular complexity index is 658. The van der Waals surface area contributed by atoms with Gasteiger partial charge in [-0.15, -0.1) is 24.0 Å². The van der Waals surface area contributed by atoms with Gasteiger partial charge in [0.1, 0.15) is 11.6 Å². The molecule has 1 aliphatic rings. The number of hydrogen-bond donors (Lipinski definition) is 2. The van der Waals surface area contributed by atoms with Crippen LogP contribution in [0.1, 0.15) is 45.1 Å². The highest BCUT2D eigenvalue weighted by Crippen LogP contribution is 2.20. The van der Waals surface area contributed by atoms with Crippen LogP contribution in [-0.4, -0.2) is 49.6 Å². The summed E-state index contributed by atoms with van der Waals surface area (Å²) in [5.74, 6) is -0.441. The lowest BCUT2D eigenvalue weighted by Gasteiger charge is -2.33. The van der Waals surface area contributed by atoms with Crippen molar-refractivity contribution in [3.8, 4) is 0 Å². The number of piperidine rings is 1. The molecule has 1 saturated heterocycles. The fourth-order valence-corrected chi connectivity index (χ4v) is 3.36. The van der Waals surface area contributed by atoms with Crippen LogP contribution in [-0.2, 0) is 0 Å².